The van der Waals surface area contributed by atoms with Gasteiger partial charge in [0.1, 0.15) is 5.75 Å². The number of fused-ring (bicyclic) bond motifs is 1. The van der Waals surface area contributed by atoms with Crippen LogP contribution in [-0.4, -0.2) is 16.9 Å². The van der Waals surface area contributed by atoms with Crippen LogP contribution in [-0.2, 0) is 17.4 Å². The van der Waals surface area contributed by atoms with Crippen LogP contribution in [0.2, 0.25) is 0 Å². The number of anilines is 1. The van der Waals surface area contributed by atoms with Crippen LogP contribution in [0.3, 0.4) is 0 Å². The number of pyridine rings is 1. The van der Waals surface area contributed by atoms with Gasteiger partial charge >= 0.3 is 6.18 Å². The van der Waals surface area contributed by atoms with Gasteiger partial charge in [0, 0.05) is 17.3 Å². The van der Waals surface area contributed by atoms with E-state index in [2.05, 4.69) is 4.98 Å². The second-order valence-electron chi connectivity index (χ2n) is 7.52. The minimum Gasteiger partial charge on any atom is -0.438 e. The number of hydrogen-bond donors (Lipinski definition) is 0. The van der Waals surface area contributed by atoms with E-state index in [4.69, 9.17) is 4.74 Å². The molecule has 0 atom stereocenters. The van der Waals surface area contributed by atoms with E-state index in [0.29, 0.717) is 28.1 Å². The van der Waals surface area contributed by atoms with Crippen molar-refractivity contribution in [3.63, 3.8) is 0 Å². The summed E-state index contributed by atoms with van der Waals surface area (Å²) in [5.41, 5.74) is 2.19. The lowest BCUT2D eigenvalue weighted by molar-refractivity contribution is -0.137. The molecule has 0 saturated heterocycles. The van der Waals surface area contributed by atoms with E-state index in [-0.39, 0.29) is 24.2 Å². The van der Waals surface area contributed by atoms with Crippen molar-refractivity contribution in [2.75, 3.05) is 4.90 Å². The van der Waals surface area contributed by atoms with Gasteiger partial charge in [0.15, 0.2) is 0 Å². The van der Waals surface area contributed by atoms with E-state index in [9.17, 15) is 18.0 Å². The van der Waals surface area contributed by atoms with Crippen molar-refractivity contribution >= 4 is 11.6 Å². The Hall–Kier alpha value is -2.57. The molecule has 0 fully saturated rings. The maximum absolute atomic E-state index is 13.1. The van der Waals surface area contributed by atoms with Crippen LogP contribution in [0.15, 0.2) is 18.2 Å². The number of ether oxygens (including phenoxy) is 1. The summed E-state index contributed by atoms with van der Waals surface area (Å²) < 4.78 is 45.2. The molecule has 1 aromatic heterocycles. The third-order valence-corrected chi connectivity index (χ3v) is 5.34. The molecule has 0 unspecified atom stereocenters. The molecule has 0 bridgehead atoms. The minimum atomic E-state index is -4.42. The van der Waals surface area contributed by atoms with Gasteiger partial charge in [-0.05, 0) is 62.9 Å². The van der Waals surface area contributed by atoms with Crippen molar-refractivity contribution in [2.45, 2.75) is 66.1 Å². The summed E-state index contributed by atoms with van der Waals surface area (Å²) in [5, 5.41) is 0. The number of carbonyl (C=O) groups is 1. The Morgan fingerprint density at radius 2 is 1.69 bits per heavy atom. The van der Waals surface area contributed by atoms with E-state index < -0.39 is 11.7 Å². The first-order chi connectivity index (χ1) is 13.6. The number of hydrogen-bond acceptors (Lipinski definition) is 3. The Kier molecular flexibility index (Phi) is 5.61. The van der Waals surface area contributed by atoms with Crippen LogP contribution in [0.25, 0.3) is 0 Å². The van der Waals surface area contributed by atoms with E-state index in [1.165, 1.54) is 0 Å². The molecular formula is C22H25F3N2O2. The lowest BCUT2D eigenvalue weighted by Gasteiger charge is -2.27. The summed E-state index contributed by atoms with van der Waals surface area (Å²) in [6, 6.07) is 4.10. The van der Waals surface area contributed by atoms with Crippen LogP contribution < -0.4 is 9.64 Å². The smallest absolute Gasteiger partial charge is 0.416 e. The van der Waals surface area contributed by atoms with Crippen molar-refractivity contribution in [1.82, 2.24) is 4.98 Å². The van der Waals surface area contributed by atoms with Gasteiger partial charge < -0.3 is 9.64 Å². The molecule has 0 aliphatic carbocycles. The van der Waals surface area contributed by atoms with Crippen molar-refractivity contribution in [3.05, 3.63) is 46.1 Å². The summed E-state index contributed by atoms with van der Waals surface area (Å²) in [6.07, 6.45) is -2.58. The Bertz CT molecular complexity index is 927. The van der Waals surface area contributed by atoms with Gasteiger partial charge in [-0.3, -0.25) is 4.79 Å². The third-order valence-electron chi connectivity index (χ3n) is 5.34. The van der Waals surface area contributed by atoms with Gasteiger partial charge in [0.25, 0.3) is 0 Å². The zero-order chi connectivity index (χ0) is 21.5. The minimum absolute atomic E-state index is 0.00758. The highest BCUT2D eigenvalue weighted by atomic mass is 19.4. The van der Waals surface area contributed by atoms with E-state index in [0.717, 1.165) is 30.7 Å². The monoisotopic (exact) mass is 406 g/mol. The molecule has 4 nitrogen and oxygen atoms in total. The standard InChI is InChI=1S/C22H25F3N2O2/c1-6-16(7-2)27-18-10-14(5)26-21(17(18)11-19(27)28)29-20-12(3)8-15(9-13(20)4)22(23,24)25/h8-10,16H,6-7,11H2,1-5H3. The summed E-state index contributed by atoms with van der Waals surface area (Å²) in [7, 11) is 0. The second-order valence-corrected chi connectivity index (χ2v) is 7.52. The molecule has 2 heterocycles. The van der Waals surface area contributed by atoms with Crippen molar-refractivity contribution in [2.24, 2.45) is 0 Å². The van der Waals surface area contributed by atoms with Gasteiger partial charge in [-0.15, -0.1) is 0 Å². The van der Waals surface area contributed by atoms with Gasteiger partial charge in [-0.25, -0.2) is 4.98 Å². The summed E-state index contributed by atoms with van der Waals surface area (Å²) in [4.78, 5) is 19.0. The second kappa shape index (κ2) is 7.69. The maximum Gasteiger partial charge on any atom is 0.416 e. The van der Waals surface area contributed by atoms with Gasteiger partial charge in [-0.2, -0.15) is 13.2 Å². The first kappa shape index (κ1) is 21.1. The molecule has 0 radical (unpaired) electrons. The van der Waals surface area contributed by atoms with Gasteiger partial charge in [0.2, 0.25) is 11.8 Å². The van der Waals surface area contributed by atoms with Crippen LogP contribution in [0.5, 0.6) is 11.6 Å². The highest BCUT2D eigenvalue weighted by molar-refractivity contribution is 6.02. The fourth-order valence-corrected chi connectivity index (χ4v) is 3.92. The number of alkyl halides is 3. The molecule has 3 rings (SSSR count). The Morgan fingerprint density at radius 1 is 1.10 bits per heavy atom. The van der Waals surface area contributed by atoms with Crippen LogP contribution in [0.1, 0.15) is 54.6 Å². The number of aromatic nitrogens is 1. The maximum atomic E-state index is 13.1. The van der Waals surface area contributed by atoms with Crippen LogP contribution in [0, 0.1) is 20.8 Å². The number of carbonyl (C=O) groups excluding carboxylic acids is 1. The zero-order valence-corrected chi connectivity index (χ0v) is 17.3. The highest BCUT2D eigenvalue weighted by Crippen LogP contribution is 2.41. The summed E-state index contributed by atoms with van der Waals surface area (Å²) >= 11 is 0. The molecule has 0 N–H and O–H groups in total. The molecule has 156 valence electrons. The molecule has 29 heavy (non-hydrogen) atoms. The molecule has 1 aliphatic rings. The molecule has 1 aliphatic heterocycles. The lowest BCUT2D eigenvalue weighted by atomic mass is 10.1. The van der Waals surface area contributed by atoms with Gasteiger partial charge in [0.05, 0.1) is 17.7 Å². The topological polar surface area (TPSA) is 42.4 Å². The predicted octanol–water partition coefficient (Wildman–Crippen LogP) is 5.90. The number of aryl methyl sites for hydroxylation is 3. The van der Waals surface area contributed by atoms with Crippen LogP contribution >= 0.6 is 0 Å². The number of nitrogens with zero attached hydrogens (tertiary/aromatic N) is 2. The average molecular weight is 406 g/mol. The average Bonchev–Trinajstić information content (AvgIpc) is 2.95. The normalized spacial score (nSPS) is 14.0. The SMILES string of the molecule is CCC(CC)N1C(=O)Cc2c1cc(C)nc2Oc1c(C)cc(C(F)(F)F)cc1C. The molecule has 1 amide bonds. The summed E-state index contributed by atoms with van der Waals surface area (Å²) in [6.45, 7) is 9.05. The van der Waals surface area contributed by atoms with Crippen molar-refractivity contribution in [3.8, 4) is 11.6 Å². The Morgan fingerprint density at radius 3 is 2.21 bits per heavy atom. The third kappa shape index (κ3) is 3.95. The highest BCUT2D eigenvalue weighted by Gasteiger charge is 2.35. The number of rotatable bonds is 5. The number of halogens is 3. The largest absolute Gasteiger partial charge is 0.438 e. The van der Waals surface area contributed by atoms with Crippen LogP contribution in [0.4, 0.5) is 18.9 Å². The number of benzene rings is 1. The Labute approximate surface area is 168 Å². The summed E-state index contributed by atoms with van der Waals surface area (Å²) in [5.74, 6) is 0.617. The van der Waals surface area contributed by atoms with E-state index in [1.54, 1.807) is 13.8 Å². The first-order valence-corrected chi connectivity index (χ1v) is 9.75. The molecular weight excluding hydrogens is 381 g/mol. The van der Waals surface area contributed by atoms with Crippen molar-refractivity contribution < 1.29 is 22.7 Å². The molecule has 1 aromatic carbocycles. The lowest BCUT2D eigenvalue weighted by Crippen LogP contribution is -2.37. The molecule has 0 spiro atoms. The van der Waals surface area contributed by atoms with Gasteiger partial charge in [-0.1, -0.05) is 13.8 Å². The fourth-order valence-electron chi connectivity index (χ4n) is 3.92. The predicted molar refractivity (Wildman–Crippen MR) is 106 cm³/mol. The quantitative estimate of drug-likeness (QED) is 0.621. The first-order valence-electron chi connectivity index (χ1n) is 9.75. The van der Waals surface area contributed by atoms with E-state index in [1.807, 2.05) is 31.7 Å². The Balaban J connectivity index is 2.05. The van der Waals surface area contributed by atoms with E-state index >= 15 is 0 Å². The molecule has 2 aromatic rings. The molecule has 0 saturated carbocycles. The van der Waals surface area contributed by atoms with Crippen molar-refractivity contribution in [1.29, 1.82) is 0 Å². The zero-order valence-electron chi connectivity index (χ0n) is 17.3. The number of amides is 1. The fraction of sp³-hybridized carbons (Fsp3) is 0.455. The molecule has 7 heteroatoms.